The van der Waals surface area contributed by atoms with Gasteiger partial charge in [0.25, 0.3) is 0 Å². The number of rotatable bonds is 5. The number of nitrogens with one attached hydrogen (secondary N) is 1. The van der Waals surface area contributed by atoms with E-state index in [4.69, 9.17) is 27.7 Å². The Hall–Kier alpha value is -1.77. The highest BCUT2D eigenvalue weighted by Crippen LogP contribution is 2.27. The molecule has 0 aliphatic rings. The normalized spacial score (nSPS) is 11.3. The molecule has 0 saturated heterocycles. The summed E-state index contributed by atoms with van der Waals surface area (Å²) in [5, 5.41) is 6.57. The molecule has 1 amide bonds. The lowest BCUT2D eigenvalue weighted by Gasteiger charge is -2.22. The van der Waals surface area contributed by atoms with Crippen molar-refractivity contribution in [3.05, 3.63) is 40.1 Å². The van der Waals surface area contributed by atoms with E-state index < -0.39 is 22.5 Å². The summed E-state index contributed by atoms with van der Waals surface area (Å²) in [4.78, 5) is 12.1. The zero-order chi connectivity index (χ0) is 17.2. The summed E-state index contributed by atoms with van der Waals surface area (Å²) in [7, 11) is -3.72. The summed E-state index contributed by atoms with van der Waals surface area (Å²) in [6, 6.07) is 5.79. The van der Waals surface area contributed by atoms with Gasteiger partial charge in [-0.05, 0) is 25.1 Å². The minimum absolute atomic E-state index is 0.191. The van der Waals surface area contributed by atoms with Crippen molar-refractivity contribution in [2.45, 2.75) is 6.92 Å². The quantitative estimate of drug-likeness (QED) is 0.864. The van der Waals surface area contributed by atoms with Crippen LogP contribution >= 0.6 is 23.2 Å². The number of carbonyl (C=O) groups is 1. The Balaban J connectivity index is 2.24. The first-order valence-corrected chi connectivity index (χ1v) is 8.92. The molecule has 1 aromatic carbocycles. The first kappa shape index (κ1) is 17.6. The molecule has 23 heavy (non-hydrogen) atoms. The van der Waals surface area contributed by atoms with Crippen LogP contribution in [0.1, 0.15) is 5.76 Å². The van der Waals surface area contributed by atoms with Crippen molar-refractivity contribution in [2.75, 3.05) is 22.4 Å². The molecule has 0 unspecified atom stereocenters. The summed E-state index contributed by atoms with van der Waals surface area (Å²) >= 11 is 11.8. The van der Waals surface area contributed by atoms with Gasteiger partial charge >= 0.3 is 0 Å². The Morgan fingerprint density at radius 3 is 2.35 bits per heavy atom. The van der Waals surface area contributed by atoms with Crippen LogP contribution in [0.25, 0.3) is 0 Å². The lowest BCUT2D eigenvalue weighted by atomic mass is 10.3. The Morgan fingerprint density at radius 1 is 1.26 bits per heavy atom. The van der Waals surface area contributed by atoms with Crippen molar-refractivity contribution >= 4 is 50.6 Å². The highest BCUT2D eigenvalue weighted by molar-refractivity contribution is 7.92. The number of aromatic nitrogens is 1. The van der Waals surface area contributed by atoms with E-state index in [0.717, 1.165) is 10.6 Å². The smallest absolute Gasteiger partial charge is 0.246 e. The molecule has 0 saturated carbocycles. The van der Waals surface area contributed by atoms with Crippen LogP contribution in [0.3, 0.4) is 0 Å². The molecule has 2 rings (SSSR count). The number of amides is 1. The topological polar surface area (TPSA) is 92.5 Å². The number of halogens is 2. The average Bonchev–Trinajstić information content (AvgIpc) is 2.78. The Morgan fingerprint density at radius 2 is 1.87 bits per heavy atom. The molecule has 2 aromatic rings. The molecule has 124 valence electrons. The van der Waals surface area contributed by atoms with Crippen molar-refractivity contribution < 1.29 is 17.7 Å². The number of anilines is 2. The van der Waals surface area contributed by atoms with Crippen LogP contribution in [0.5, 0.6) is 0 Å². The molecular weight excluding hydrogens is 365 g/mol. The van der Waals surface area contributed by atoms with Gasteiger partial charge in [-0.3, -0.25) is 9.10 Å². The molecule has 1 heterocycles. The van der Waals surface area contributed by atoms with Crippen LogP contribution in [-0.4, -0.2) is 32.3 Å². The van der Waals surface area contributed by atoms with Crippen molar-refractivity contribution in [1.82, 2.24) is 5.16 Å². The van der Waals surface area contributed by atoms with Gasteiger partial charge in [-0.25, -0.2) is 8.42 Å². The minimum Gasteiger partial charge on any atom is -0.360 e. The summed E-state index contributed by atoms with van der Waals surface area (Å²) in [6.07, 6.45) is 0.981. The SMILES string of the molecule is Cc1cc(NC(=O)CN(c2cc(Cl)cc(Cl)c2)S(C)(=O)=O)no1. The molecule has 0 atom stereocenters. The molecule has 7 nitrogen and oxygen atoms in total. The number of hydrogen-bond donors (Lipinski definition) is 1. The maximum absolute atomic E-state index is 12.1. The van der Waals surface area contributed by atoms with E-state index in [1.807, 2.05) is 0 Å². The molecule has 0 aliphatic carbocycles. The highest BCUT2D eigenvalue weighted by Gasteiger charge is 2.22. The van der Waals surface area contributed by atoms with E-state index in [9.17, 15) is 13.2 Å². The molecular formula is C13H13Cl2N3O4S. The number of benzene rings is 1. The first-order valence-electron chi connectivity index (χ1n) is 6.32. The maximum atomic E-state index is 12.1. The third kappa shape index (κ3) is 4.85. The monoisotopic (exact) mass is 377 g/mol. The molecule has 0 fully saturated rings. The van der Waals surface area contributed by atoms with Gasteiger partial charge in [-0.1, -0.05) is 28.4 Å². The predicted molar refractivity (Wildman–Crippen MR) is 88.5 cm³/mol. The largest absolute Gasteiger partial charge is 0.360 e. The van der Waals surface area contributed by atoms with Gasteiger partial charge < -0.3 is 9.84 Å². The zero-order valence-corrected chi connectivity index (χ0v) is 14.5. The van der Waals surface area contributed by atoms with Crippen LogP contribution in [-0.2, 0) is 14.8 Å². The molecule has 1 N–H and O–H groups in total. The number of carbonyl (C=O) groups excluding carboxylic acids is 1. The molecule has 0 aliphatic heterocycles. The van der Waals surface area contributed by atoms with E-state index in [2.05, 4.69) is 10.5 Å². The van der Waals surface area contributed by atoms with E-state index in [1.54, 1.807) is 6.92 Å². The minimum atomic E-state index is -3.72. The number of hydrogen-bond acceptors (Lipinski definition) is 5. The van der Waals surface area contributed by atoms with Gasteiger partial charge in [0.1, 0.15) is 12.3 Å². The highest BCUT2D eigenvalue weighted by atomic mass is 35.5. The van der Waals surface area contributed by atoms with Gasteiger partial charge in [-0.2, -0.15) is 0 Å². The third-order valence-electron chi connectivity index (χ3n) is 2.72. The van der Waals surface area contributed by atoms with Crippen LogP contribution in [0.15, 0.2) is 28.8 Å². The fraction of sp³-hybridized carbons (Fsp3) is 0.231. The molecule has 0 bridgehead atoms. The number of nitrogens with zero attached hydrogens (tertiary/aromatic N) is 2. The van der Waals surface area contributed by atoms with Crippen molar-refractivity contribution in [3.8, 4) is 0 Å². The van der Waals surface area contributed by atoms with Crippen molar-refractivity contribution in [1.29, 1.82) is 0 Å². The van der Waals surface area contributed by atoms with Gasteiger partial charge in [0, 0.05) is 16.1 Å². The van der Waals surface area contributed by atoms with Gasteiger partial charge in [-0.15, -0.1) is 0 Å². The fourth-order valence-electron chi connectivity index (χ4n) is 1.82. The third-order valence-corrected chi connectivity index (χ3v) is 4.30. The standard InChI is InChI=1S/C13H13Cl2N3O4S/c1-8-3-12(17-22-8)16-13(19)7-18(23(2,20)21)11-5-9(14)4-10(15)6-11/h3-6H,7H2,1-2H3,(H,16,17,19). The summed E-state index contributed by atoms with van der Waals surface area (Å²) in [6.45, 7) is 1.21. The Bertz CT molecular complexity index is 815. The van der Waals surface area contributed by atoms with E-state index >= 15 is 0 Å². The molecule has 0 spiro atoms. The average molecular weight is 378 g/mol. The number of sulfonamides is 1. The van der Waals surface area contributed by atoms with Crippen molar-refractivity contribution in [2.24, 2.45) is 0 Å². The second-order valence-electron chi connectivity index (χ2n) is 4.77. The summed E-state index contributed by atoms with van der Waals surface area (Å²) in [5.41, 5.74) is 0.191. The molecule has 1 aromatic heterocycles. The van der Waals surface area contributed by atoms with E-state index in [0.29, 0.717) is 5.76 Å². The second kappa shape index (κ2) is 6.77. The Kier molecular flexibility index (Phi) is 5.18. The van der Waals surface area contributed by atoms with Gasteiger partial charge in [0.2, 0.25) is 15.9 Å². The van der Waals surface area contributed by atoms with E-state index in [-0.39, 0.29) is 21.6 Å². The fourth-order valence-corrected chi connectivity index (χ4v) is 3.18. The lowest BCUT2D eigenvalue weighted by Crippen LogP contribution is -2.37. The van der Waals surface area contributed by atoms with Gasteiger partial charge in [0.15, 0.2) is 5.82 Å². The van der Waals surface area contributed by atoms with E-state index in [1.165, 1.54) is 24.3 Å². The van der Waals surface area contributed by atoms with Crippen molar-refractivity contribution in [3.63, 3.8) is 0 Å². The lowest BCUT2D eigenvalue weighted by molar-refractivity contribution is -0.114. The predicted octanol–water partition coefficient (Wildman–Crippen LogP) is 2.69. The maximum Gasteiger partial charge on any atom is 0.246 e. The first-order chi connectivity index (χ1) is 10.6. The van der Waals surface area contributed by atoms with Crippen LogP contribution in [0.2, 0.25) is 10.0 Å². The molecule has 10 heteroatoms. The van der Waals surface area contributed by atoms with Crippen LogP contribution in [0.4, 0.5) is 11.5 Å². The summed E-state index contributed by atoms with van der Waals surface area (Å²) < 4.78 is 29.7. The summed E-state index contributed by atoms with van der Waals surface area (Å²) in [5.74, 6) is 0.131. The molecule has 0 radical (unpaired) electrons. The number of aryl methyl sites for hydroxylation is 1. The second-order valence-corrected chi connectivity index (χ2v) is 7.55. The Labute approximate surface area is 143 Å². The van der Waals surface area contributed by atoms with Crippen LogP contribution in [0, 0.1) is 6.92 Å². The van der Waals surface area contributed by atoms with Crippen LogP contribution < -0.4 is 9.62 Å². The zero-order valence-electron chi connectivity index (χ0n) is 12.2. The van der Waals surface area contributed by atoms with Gasteiger partial charge in [0.05, 0.1) is 11.9 Å².